The molecule has 0 bridgehead atoms. The zero-order valence-electron chi connectivity index (χ0n) is 10.3. The lowest BCUT2D eigenvalue weighted by Crippen LogP contribution is -2.32. The van der Waals surface area contributed by atoms with Crippen LogP contribution in [0.15, 0.2) is 18.2 Å². The second-order valence-electron chi connectivity index (χ2n) is 4.45. The van der Waals surface area contributed by atoms with Crippen molar-refractivity contribution in [2.24, 2.45) is 12.8 Å². The Labute approximate surface area is 104 Å². The molecule has 1 unspecified atom stereocenters. The SMILES string of the molecule is Cc1c(CC(N)C(=O)O)c2cccc(O)c2n1C. The smallest absolute Gasteiger partial charge is 0.320 e. The monoisotopic (exact) mass is 248 g/mol. The summed E-state index contributed by atoms with van der Waals surface area (Å²) in [6.45, 7) is 1.89. The molecule has 2 rings (SSSR count). The second kappa shape index (κ2) is 4.34. The fourth-order valence-corrected chi connectivity index (χ4v) is 2.26. The number of carboxylic acids is 1. The summed E-state index contributed by atoms with van der Waals surface area (Å²) in [5.41, 5.74) is 8.09. The lowest BCUT2D eigenvalue weighted by atomic mass is 10.0. The van der Waals surface area contributed by atoms with E-state index in [0.717, 1.165) is 16.6 Å². The molecule has 0 aliphatic carbocycles. The number of aryl methyl sites for hydroxylation is 1. The van der Waals surface area contributed by atoms with Crippen LogP contribution < -0.4 is 5.73 Å². The average molecular weight is 248 g/mol. The number of rotatable bonds is 3. The van der Waals surface area contributed by atoms with Gasteiger partial charge in [-0.2, -0.15) is 0 Å². The number of fused-ring (bicyclic) bond motifs is 1. The van der Waals surface area contributed by atoms with Gasteiger partial charge in [0.15, 0.2) is 0 Å². The minimum absolute atomic E-state index is 0.188. The van der Waals surface area contributed by atoms with Crippen LogP contribution in [0.1, 0.15) is 11.3 Å². The molecule has 1 aromatic heterocycles. The van der Waals surface area contributed by atoms with Crippen LogP contribution in [0.3, 0.4) is 0 Å². The van der Waals surface area contributed by atoms with E-state index in [4.69, 9.17) is 10.8 Å². The van der Waals surface area contributed by atoms with Crippen LogP contribution >= 0.6 is 0 Å². The minimum atomic E-state index is -1.02. The number of nitrogens with zero attached hydrogens (tertiary/aromatic N) is 1. The Morgan fingerprint density at radius 1 is 1.50 bits per heavy atom. The summed E-state index contributed by atoms with van der Waals surface area (Å²) in [5.74, 6) is -0.834. The molecule has 0 fully saturated rings. The molecule has 0 spiro atoms. The van der Waals surface area contributed by atoms with E-state index in [1.807, 2.05) is 24.6 Å². The van der Waals surface area contributed by atoms with E-state index in [-0.39, 0.29) is 12.2 Å². The molecule has 96 valence electrons. The first kappa shape index (κ1) is 12.4. The number of carboxylic acid groups (broad SMARTS) is 1. The number of aliphatic carboxylic acids is 1. The van der Waals surface area contributed by atoms with Gasteiger partial charge >= 0.3 is 5.97 Å². The van der Waals surface area contributed by atoms with Gasteiger partial charge in [0, 0.05) is 24.5 Å². The third kappa shape index (κ3) is 1.82. The number of phenols is 1. The normalized spacial score (nSPS) is 12.8. The average Bonchev–Trinajstić information content (AvgIpc) is 2.55. The van der Waals surface area contributed by atoms with E-state index in [0.29, 0.717) is 5.52 Å². The minimum Gasteiger partial charge on any atom is -0.506 e. The third-order valence-electron chi connectivity index (χ3n) is 3.36. The van der Waals surface area contributed by atoms with Crippen molar-refractivity contribution in [3.8, 4) is 5.75 Å². The molecule has 4 N–H and O–H groups in total. The number of aromatic nitrogens is 1. The first-order valence-electron chi connectivity index (χ1n) is 5.67. The van der Waals surface area contributed by atoms with Crippen molar-refractivity contribution < 1.29 is 15.0 Å². The van der Waals surface area contributed by atoms with Gasteiger partial charge in [-0.15, -0.1) is 0 Å². The maximum Gasteiger partial charge on any atom is 0.320 e. The lowest BCUT2D eigenvalue weighted by molar-refractivity contribution is -0.138. The van der Waals surface area contributed by atoms with Crippen molar-refractivity contribution in [1.82, 2.24) is 4.57 Å². The van der Waals surface area contributed by atoms with E-state index in [2.05, 4.69) is 0 Å². The summed E-state index contributed by atoms with van der Waals surface area (Å²) in [6.07, 6.45) is 0.252. The zero-order chi connectivity index (χ0) is 13.4. The van der Waals surface area contributed by atoms with Gasteiger partial charge in [0.25, 0.3) is 0 Å². The Kier molecular flexibility index (Phi) is 3.00. The van der Waals surface area contributed by atoms with Gasteiger partial charge in [0.05, 0.1) is 5.52 Å². The van der Waals surface area contributed by atoms with Crippen LogP contribution in [0.25, 0.3) is 10.9 Å². The van der Waals surface area contributed by atoms with E-state index in [9.17, 15) is 9.90 Å². The van der Waals surface area contributed by atoms with Crippen LogP contribution in [0.2, 0.25) is 0 Å². The van der Waals surface area contributed by atoms with Crippen LogP contribution in [-0.4, -0.2) is 26.8 Å². The van der Waals surface area contributed by atoms with E-state index >= 15 is 0 Å². The van der Waals surface area contributed by atoms with E-state index in [1.54, 1.807) is 12.1 Å². The first-order chi connectivity index (χ1) is 8.43. The summed E-state index contributed by atoms with van der Waals surface area (Å²) in [7, 11) is 1.84. The van der Waals surface area contributed by atoms with Gasteiger partial charge in [-0.1, -0.05) is 12.1 Å². The molecule has 0 saturated carbocycles. The summed E-state index contributed by atoms with van der Waals surface area (Å²) < 4.78 is 1.86. The summed E-state index contributed by atoms with van der Waals surface area (Å²) in [6, 6.07) is 4.29. The quantitative estimate of drug-likeness (QED) is 0.760. The maximum atomic E-state index is 10.8. The molecule has 0 radical (unpaired) electrons. The van der Waals surface area contributed by atoms with Crippen LogP contribution in [0, 0.1) is 6.92 Å². The summed E-state index contributed by atoms with van der Waals surface area (Å²) in [5, 5.41) is 19.6. The number of phenolic OH excluding ortho intramolecular Hbond substituents is 1. The highest BCUT2D eigenvalue weighted by molar-refractivity contribution is 5.90. The molecule has 1 heterocycles. The molecule has 2 aromatic rings. The Hall–Kier alpha value is -2.01. The molecule has 0 aliphatic rings. The van der Waals surface area contributed by atoms with Gasteiger partial charge in [0.1, 0.15) is 11.8 Å². The highest BCUT2D eigenvalue weighted by atomic mass is 16.4. The Morgan fingerprint density at radius 3 is 2.78 bits per heavy atom. The molecule has 0 aliphatic heterocycles. The molecule has 1 atom stereocenters. The molecule has 0 saturated heterocycles. The fourth-order valence-electron chi connectivity index (χ4n) is 2.26. The van der Waals surface area contributed by atoms with Gasteiger partial charge in [-0.25, -0.2) is 0 Å². The van der Waals surface area contributed by atoms with Crippen LogP contribution in [0.4, 0.5) is 0 Å². The van der Waals surface area contributed by atoms with Crippen molar-refractivity contribution in [2.45, 2.75) is 19.4 Å². The topological polar surface area (TPSA) is 88.5 Å². The molecular formula is C13H16N2O3. The molecule has 5 nitrogen and oxygen atoms in total. The largest absolute Gasteiger partial charge is 0.506 e. The van der Waals surface area contributed by atoms with Crippen molar-refractivity contribution in [2.75, 3.05) is 0 Å². The number of nitrogens with two attached hydrogens (primary N) is 1. The summed E-state index contributed by atoms with van der Waals surface area (Å²) >= 11 is 0. The van der Waals surface area contributed by atoms with Crippen molar-refractivity contribution in [3.63, 3.8) is 0 Å². The number of para-hydroxylation sites is 1. The molecular weight excluding hydrogens is 232 g/mol. The zero-order valence-corrected chi connectivity index (χ0v) is 10.3. The molecule has 0 amide bonds. The predicted molar refractivity (Wildman–Crippen MR) is 68.6 cm³/mol. The number of carbonyl (C=O) groups is 1. The highest BCUT2D eigenvalue weighted by Gasteiger charge is 2.19. The standard InChI is InChI=1S/C13H16N2O3/c1-7-9(6-10(14)13(17)18)8-4-3-5-11(16)12(8)15(7)2/h3-5,10,16H,6,14H2,1-2H3,(H,17,18). The lowest BCUT2D eigenvalue weighted by Gasteiger charge is -2.06. The van der Waals surface area contributed by atoms with Gasteiger partial charge in [-0.05, 0) is 18.6 Å². The maximum absolute atomic E-state index is 10.8. The van der Waals surface area contributed by atoms with Gasteiger partial charge in [-0.3, -0.25) is 4.79 Å². The van der Waals surface area contributed by atoms with Crippen LogP contribution in [0.5, 0.6) is 5.75 Å². The Bertz CT molecular complexity index is 616. The van der Waals surface area contributed by atoms with Gasteiger partial charge in [0.2, 0.25) is 0 Å². The van der Waals surface area contributed by atoms with Crippen molar-refractivity contribution in [3.05, 3.63) is 29.5 Å². The predicted octanol–water partition coefficient (Wildman–Crippen LogP) is 1.15. The summed E-state index contributed by atoms with van der Waals surface area (Å²) in [4.78, 5) is 10.8. The molecule has 1 aromatic carbocycles. The van der Waals surface area contributed by atoms with E-state index in [1.165, 1.54) is 0 Å². The second-order valence-corrected chi connectivity index (χ2v) is 4.45. The van der Waals surface area contributed by atoms with Crippen LogP contribution in [-0.2, 0) is 18.3 Å². The van der Waals surface area contributed by atoms with Crippen molar-refractivity contribution >= 4 is 16.9 Å². The number of hydrogen-bond donors (Lipinski definition) is 3. The Morgan fingerprint density at radius 2 is 2.17 bits per heavy atom. The highest BCUT2D eigenvalue weighted by Crippen LogP contribution is 2.31. The Balaban J connectivity index is 2.61. The van der Waals surface area contributed by atoms with Gasteiger partial charge < -0.3 is 20.5 Å². The molecule has 5 heteroatoms. The molecule has 18 heavy (non-hydrogen) atoms. The first-order valence-corrected chi connectivity index (χ1v) is 5.67. The number of hydrogen-bond acceptors (Lipinski definition) is 3. The fraction of sp³-hybridized carbons (Fsp3) is 0.308. The van der Waals surface area contributed by atoms with Crippen molar-refractivity contribution in [1.29, 1.82) is 0 Å². The number of benzene rings is 1. The number of aromatic hydroxyl groups is 1. The third-order valence-corrected chi connectivity index (χ3v) is 3.36. The van der Waals surface area contributed by atoms with E-state index < -0.39 is 12.0 Å².